The zero-order chi connectivity index (χ0) is 15.9. The summed E-state index contributed by atoms with van der Waals surface area (Å²) in [6, 6.07) is 12.9. The number of Topliss-reactive ketones (excluding diaryl/α,β-unsaturated/α-hetero) is 1. The monoisotopic (exact) mass is 318 g/mol. The minimum absolute atomic E-state index is 0.0898. The molecule has 0 radical (unpaired) electrons. The van der Waals surface area contributed by atoms with Crippen LogP contribution < -0.4 is 4.74 Å². The lowest BCUT2D eigenvalue weighted by atomic mass is 10.1. The number of benzene rings is 2. The second kappa shape index (κ2) is 7.75. The third-order valence-corrected chi connectivity index (χ3v) is 3.92. The fourth-order valence-corrected chi connectivity index (χ4v) is 2.64. The molecule has 0 saturated heterocycles. The zero-order valence-corrected chi connectivity index (χ0v) is 12.9. The Morgan fingerprint density at radius 2 is 1.91 bits per heavy atom. The predicted molar refractivity (Wildman–Crippen MR) is 83.8 cm³/mol. The van der Waals surface area contributed by atoms with Crippen molar-refractivity contribution < 1.29 is 18.7 Å². The van der Waals surface area contributed by atoms with Gasteiger partial charge in [-0.25, -0.2) is 4.39 Å². The largest absolute Gasteiger partial charge is 0.426 e. The van der Waals surface area contributed by atoms with Gasteiger partial charge in [-0.1, -0.05) is 24.3 Å². The van der Waals surface area contributed by atoms with Gasteiger partial charge >= 0.3 is 5.97 Å². The SMILES string of the molecule is CC(=O)c1cccc(OC(=O)CCSc2ccccc2F)c1. The first-order valence-corrected chi connectivity index (χ1v) is 7.74. The van der Waals surface area contributed by atoms with Crippen LogP contribution in [0.15, 0.2) is 53.4 Å². The van der Waals surface area contributed by atoms with Crippen molar-refractivity contribution in [1.29, 1.82) is 0 Å². The second-order valence-electron chi connectivity index (χ2n) is 4.59. The van der Waals surface area contributed by atoms with Gasteiger partial charge in [-0.2, -0.15) is 0 Å². The van der Waals surface area contributed by atoms with E-state index < -0.39 is 5.97 Å². The van der Waals surface area contributed by atoms with Crippen LogP contribution in [0.3, 0.4) is 0 Å². The standard InChI is InChI=1S/C17H15FO3S/c1-12(19)13-5-4-6-14(11-13)21-17(20)9-10-22-16-8-3-2-7-15(16)18/h2-8,11H,9-10H2,1H3. The lowest BCUT2D eigenvalue weighted by molar-refractivity contribution is -0.133. The summed E-state index contributed by atoms with van der Waals surface area (Å²) in [6.45, 7) is 1.45. The number of hydrogen-bond donors (Lipinski definition) is 0. The molecule has 0 saturated carbocycles. The normalized spacial score (nSPS) is 10.3. The van der Waals surface area contributed by atoms with E-state index in [0.29, 0.717) is 22.0 Å². The first-order chi connectivity index (χ1) is 10.6. The molecule has 114 valence electrons. The molecule has 0 aliphatic rings. The molecule has 0 aliphatic heterocycles. The van der Waals surface area contributed by atoms with Gasteiger partial charge in [-0.15, -0.1) is 11.8 Å². The summed E-state index contributed by atoms with van der Waals surface area (Å²) in [5.74, 6) is -0.0345. The van der Waals surface area contributed by atoms with Gasteiger partial charge in [0.1, 0.15) is 11.6 Å². The number of ketones is 1. The Morgan fingerprint density at radius 3 is 2.64 bits per heavy atom. The van der Waals surface area contributed by atoms with Crippen LogP contribution in [0.25, 0.3) is 0 Å². The predicted octanol–water partition coefficient (Wildman–Crippen LogP) is 4.12. The van der Waals surface area contributed by atoms with Crippen molar-refractivity contribution in [2.75, 3.05) is 5.75 Å². The fourth-order valence-electron chi connectivity index (χ4n) is 1.77. The molecule has 5 heteroatoms. The number of rotatable bonds is 6. The molecule has 0 bridgehead atoms. The molecular formula is C17H15FO3S. The van der Waals surface area contributed by atoms with E-state index in [1.54, 1.807) is 36.4 Å². The van der Waals surface area contributed by atoms with E-state index in [-0.39, 0.29) is 18.0 Å². The van der Waals surface area contributed by atoms with Crippen molar-refractivity contribution in [2.24, 2.45) is 0 Å². The van der Waals surface area contributed by atoms with Crippen LogP contribution >= 0.6 is 11.8 Å². The fraction of sp³-hybridized carbons (Fsp3) is 0.176. The molecule has 0 unspecified atom stereocenters. The summed E-state index contributed by atoms with van der Waals surface area (Å²) in [6.07, 6.45) is 0.156. The lowest BCUT2D eigenvalue weighted by Crippen LogP contribution is -2.09. The summed E-state index contributed by atoms with van der Waals surface area (Å²) in [7, 11) is 0. The summed E-state index contributed by atoms with van der Waals surface area (Å²) < 4.78 is 18.6. The first kappa shape index (κ1) is 16.2. The molecule has 2 aromatic rings. The number of thioether (sulfide) groups is 1. The Bertz CT molecular complexity index is 685. The maximum absolute atomic E-state index is 13.4. The molecule has 0 atom stereocenters. The van der Waals surface area contributed by atoms with Crippen molar-refractivity contribution in [2.45, 2.75) is 18.2 Å². The van der Waals surface area contributed by atoms with E-state index in [0.717, 1.165) is 0 Å². The van der Waals surface area contributed by atoms with Crippen molar-refractivity contribution in [3.8, 4) is 5.75 Å². The molecule has 2 aromatic carbocycles. The van der Waals surface area contributed by atoms with Gasteiger partial charge in [0.05, 0.1) is 6.42 Å². The molecule has 3 nitrogen and oxygen atoms in total. The maximum atomic E-state index is 13.4. The molecule has 0 amide bonds. The molecule has 2 rings (SSSR count). The highest BCUT2D eigenvalue weighted by Gasteiger charge is 2.08. The van der Waals surface area contributed by atoms with Crippen LogP contribution in [-0.4, -0.2) is 17.5 Å². The Kier molecular flexibility index (Phi) is 5.72. The number of ether oxygens (including phenoxy) is 1. The van der Waals surface area contributed by atoms with Gasteiger partial charge in [-0.3, -0.25) is 9.59 Å². The van der Waals surface area contributed by atoms with Crippen molar-refractivity contribution in [1.82, 2.24) is 0 Å². The minimum Gasteiger partial charge on any atom is -0.426 e. The van der Waals surface area contributed by atoms with E-state index in [4.69, 9.17) is 4.74 Å². The smallest absolute Gasteiger partial charge is 0.312 e. The molecule has 0 heterocycles. The molecule has 0 fully saturated rings. The van der Waals surface area contributed by atoms with Gasteiger partial charge in [0.2, 0.25) is 0 Å². The number of halogens is 1. The summed E-state index contributed by atoms with van der Waals surface area (Å²) in [4.78, 5) is 23.5. The summed E-state index contributed by atoms with van der Waals surface area (Å²) >= 11 is 1.26. The molecule has 0 aromatic heterocycles. The van der Waals surface area contributed by atoms with E-state index in [1.165, 1.54) is 30.8 Å². The average Bonchev–Trinajstić information content (AvgIpc) is 2.49. The van der Waals surface area contributed by atoms with Crippen LogP contribution in [0, 0.1) is 5.82 Å². The van der Waals surface area contributed by atoms with Gasteiger partial charge in [0, 0.05) is 16.2 Å². The minimum atomic E-state index is -0.412. The molecule has 22 heavy (non-hydrogen) atoms. The van der Waals surface area contributed by atoms with Crippen LogP contribution in [0.5, 0.6) is 5.75 Å². The Labute approximate surface area is 132 Å². The van der Waals surface area contributed by atoms with Gasteiger partial charge in [-0.05, 0) is 31.2 Å². The van der Waals surface area contributed by atoms with Crippen molar-refractivity contribution in [3.05, 3.63) is 59.9 Å². The number of hydrogen-bond acceptors (Lipinski definition) is 4. The van der Waals surface area contributed by atoms with Gasteiger partial charge in [0.15, 0.2) is 5.78 Å². The Morgan fingerprint density at radius 1 is 1.14 bits per heavy atom. The summed E-state index contributed by atoms with van der Waals surface area (Å²) in [5, 5.41) is 0. The van der Waals surface area contributed by atoms with Crippen LogP contribution in [-0.2, 0) is 4.79 Å². The number of carbonyl (C=O) groups is 2. The lowest BCUT2D eigenvalue weighted by Gasteiger charge is -2.06. The highest BCUT2D eigenvalue weighted by Crippen LogP contribution is 2.22. The Balaban J connectivity index is 1.84. The maximum Gasteiger partial charge on any atom is 0.312 e. The van der Waals surface area contributed by atoms with Gasteiger partial charge < -0.3 is 4.74 Å². The number of esters is 1. The number of carbonyl (C=O) groups excluding carboxylic acids is 2. The van der Waals surface area contributed by atoms with Crippen molar-refractivity contribution >= 4 is 23.5 Å². The van der Waals surface area contributed by atoms with Gasteiger partial charge in [0.25, 0.3) is 0 Å². The van der Waals surface area contributed by atoms with E-state index in [2.05, 4.69) is 0 Å². The van der Waals surface area contributed by atoms with E-state index >= 15 is 0 Å². The van der Waals surface area contributed by atoms with Crippen LogP contribution in [0.1, 0.15) is 23.7 Å². The highest BCUT2D eigenvalue weighted by atomic mass is 32.2. The first-order valence-electron chi connectivity index (χ1n) is 6.75. The third kappa shape index (κ3) is 4.70. The molecule has 0 spiro atoms. The molecular weight excluding hydrogens is 303 g/mol. The highest BCUT2D eigenvalue weighted by molar-refractivity contribution is 7.99. The van der Waals surface area contributed by atoms with Crippen LogP contribution in [0.2, 0.25) is 0 Å². The van der Waals surface area contributed by atoms with E-state index in [9.17, 15) is 14.0 Å². The second-order valence-corrected chi connectivity index (χ2v) is 5.72. The molecule has 0 aliphatic carbocycles. The topological polar surface area (TPSA) is 43.4 Å². The molecule has 0 N–H and O–H groups in total. The van der Waals surface area contributed by atoms with Crippen molar-refractivity contribution in [3.63, 3.8) is 0 Å². The average molecular weight is 318 g/mol. The summed E-state index contributed by atoms with van der Waals surface area (Å²) in [5.41, 5.74) is 0.492. The van der Waals surface area contributed by atoms with Crippen LogP contribution in [0.4, 0.5) is 4.39 Å². The quantitative estimate of drug-likeness (QED) is 0.348. The third-order valence-electron chi connectivity index (χ3n) is 2.87. The zero-order valence-electron chi connectivity index (χ0n) is 12.0. The Hall–Kier alpha value is -2.14. The van der Waals surface area contributed by atoms with E-state index in [1.807, 2.05) is 0 Å².